The van der Waals surface area contributed by atoms with Crippen LogP contribution in [0.5, 0.6) is 0 Å². The van der Waals surface area contributed by atoms with Crippen molar-refractivity contribution in [3.8, 4) is 0 Å². The molecule has 0 unspecified atom stereocenters. The van der Waals surface area contributed by atoms with E-state index < -0.39 is 0 Å². The van der Waals surface area contributed by atoms with Crippen molar-refractivity contribution < 1.29 is 19.4 Å². The molecule has 1 aromatic carbocycles. The van der Waals surface area contributed by atoms with Crippen LogP contribution in [-0.4, -0.2) is 75.1 Å². The van der Waals surface area contributed by atoms with Gasteiger partial charge in [0.05, 0.1) is 32.0 Å². The highest BCUT2D eigenvalue weighted by Gasteiger charge is 2.26. The Balaban J connectivity index is 1.81. The summed E-state index contributed by atoms with van der Waals surface area (Å²) in [7, 11) is 0. The minimum absolute atomic E-state index is 0.0102. The summed E-state index contributed by atoms with van der Waals surface area (Å²) in [6.45, 7) is 5.13. The van der Waals surface area contributed by atoms with E-state index >= 15 is 0 Å². The maximum Gasteiger partial charge on any atom is 0.256 e. The van der Waals surface area contributed by atoms with Gasteiger partial charge in [0.2, 0.25) is 0 Å². The number of nitrogens with zero attached hydrogens (tertiary/aromatic N) is 2. The Labute approximate surface area is 136 Å². The Kier molecular flexibility index (Phi) is 5.48. The Hall–Kier alpha value is -1.63. The first kappa shape index (κ1) is 16.2. The molecule has 23 heavy (non-hydrogen) atoms. The molecule has 126 valence electrons. The van der Waals surface area contributed by atoms with Crippen LogP contribution in [0.2, 0.25) is 0 Å². The largest absolute Gasteiger partial charge is 0.396 e. The predicted molar refractivity (Wildman–Crippen MR) is 86.8 cm³/mol. The maximum atomic E-state index is 13.0. The van der Waals surface area contributed by atoms with E-state index in [4.69, 9.17) is 9.47 Å². The van der Waals surface area contributed by atoms with Crippen LogP contribution in [0.4, 0.5) is 5.69 Å². The van der Waals surface area contributed by atoms with Gasteiger partial charge in [-0.2, -0.15) is 0 Å². The normalized spacial score (nSPS) is 22.7. The van der Waals surface area contributed by atoms with Gasteiger partial charge in [0, 0.05) is 44.4 Å². The number of anilines is 1. The zero-order valence-corrected chi connectivity index (χ0v) is 13.3. The lowest BCUT2D eigenvalue weighted by atomic mass is 10.1. The van der Waals surface area contributed by atoms with E-state index in [1.807, 2.05) is 24.3 Å². The van der Waals surface area contributed by atoms with Crippen LogP contribution in [0.1, 0.15) is 10.4 Å². The SMILES string of the molecule is O=C(c1ccccc1N1CCOCC1)N1CCOC[C@@H](CO)C1. The van der Waals surface area contributed by atoms with Gasteiger partial charge in [-0.1, -0.05) is 12.1 Å². The van der Waals surface area contributed by atoms with Crippen molar-refractivity contribution in [2.24, 2.45) is 5.92 Å². The van der Waals surface area contributed by atoms with Crippen LogP contribution >= 0.6 is 0 Å². The lowest BCUT2D eigenvalue weighted by Gasteiger charge is -2.31. The minimum Gasteiger partial charge on any atom is -0.396 e. The third kappa shape index (κ3) is 3.83. The summed E-state index contributed by atoms with van der Waals surface area (Å²) in [6, 6.07) is 7.74. The molecule has 1 amide bonds. The van der Waals surface area contributed by atoms with Crippen LogP contribution in [0.3, 0.4) is 0 Å². The molecular weight excluding hydrogens is 296 g/mol. The molecule has 2 saturated heterocycles. The maximum absolute atomic E-state index is 13.0. The van der Waals surface area contributed by atoms with Crippen LogP contribution in [0.15, 0.2) is 24.3 Å². The summed E-state index contributed by atoms with van der Waals surface area (Å²) in [5.41, 5.74) is 1.68. The number of carbonyl (C=O) groups is 1. The van der Waals surface area contributed by atoms with Gasteiger partial charge in [-0.25, -0.2) is 0 Å². The Morgan fingerprint density at radius 3 is 2.65 bits per heavy atom. The Morgan fingerprint density at radius 1 is 1.13 bits per heavy atom. The monoisotopic (exact) mass is 320 g/mol. The molecule has 1 N–H and O–H groups in total. The van der Waals surface area contributed by atoms with E-state index in [1.54, 1.807) is 4.90 Å². The van der Waals surface area contributed by atoms with Crippen molar-refractivity contribution in [2.45, 2.75) is 0 Å². The predicted octanol–water partition coefficient (Wildman–Crippen LogP) is 0.604. The second-order valence-corrected chi connectivity index (χ2v) is 5.99. The lowest BCUT2D eigenvalue weighted by molar-refractivity contribution is 0.0727. The summed E-state index contributed by atoms with van der Waals surface area (Å²) in [5.74, 6) is -0.00644. The highest BCUT2D eigenvalue weighted by atomic mass is 16.5. The van der Waals surface area contributed by atoms with Gasteiger partial charge in [0.25, 0.3) is 5.91 Å². The van der Waals surface area contributed by atoms with Gasteiger partial charge >= 0.3 is 0 Å². The van der Waals surface area contributed by atoms with E-state index in [1.165, 1.54) is 0 Å². The van der Waals surface area contributed by atoms with E-state index in [2.05, 4.69) is 4.90 Å². The van der Waals surface area contributed by atoms with Crippen LogP contribution in [-0.2, 0) is 9.47 Å². The highest BCUT2D eigenvalue weighted by molar-refractivity contribution is 5.99. The molecule has 0 spiro atoms. The first-order valence-electron chi connectivity index (χ1n) is 8.19. The third-order valence-electron chi connectivity index (χ3n) is 4.37. The average Bonchev–Trinajstić information content (AvgIpc) is 2.87. The van der Waals surface area contributed by atoms with E-state index in [-0.39, 0.29) is 18.4 Å². The van der Waals surface area contributed by atoms with Crippen molar-refractivity contribution in [1.29, 1.82) is 0 Å². The lowest BCUT2D eigenvalue weighted by Crippen LogP contribution is -2.40. The van der Waals surface area contributed by atoms with Crippen molar-refractivity contribution >= 4 is 11.6 Å². The number of amides is 1. The zero-order valence-electron chi connectivity index (χ0n) is 13.3. The molecule has 2 fully saturated rings. The molecule has 1 aromatic rings. The quantitative estimate of drug-likeness (QED) is 0.884. The molecule has 0 radical (unpaired) electrons. The topological polar surface area (TPSA) is 62.2 Å². The molecule has 2 aliphatic rings. The molecule has 0 aliphatic carbocycles. The Bertz CT molecular complexity index is 531. The number of aliphatic hydroxyl groups is 1. The molecule has 1 atom stereocenters. The Morgan fingerprint density at radius 2 is 1.87 bits per heavy atom. The third-order valence-corrected chi connectivity index (χ3v) is 4.37. The van der Waals surface area contributed by atoms with Gasteiger partial charge < -0.3 is 24.4 Å². The number of ether oxygens (including phenoxy) is 2. The minimum atomic E-state index is -0.0167. The average molecular weight is 320 g/mol. The van der Waals surface area contributed by atoms with Gasteiger partial charge in [-0.3, -0.25) is 4.79 Å². The van der Waals surface area contributed by atoms with E-state index in [0.29, 0.717) is 45.1 Å². The number of carbonyl (C=O) groups excluding carboxylic acids is 1. The summed E-state index contributed by atoms with van der Waals surface area (Å²) >= 11 is 0. The molecule has 6 heteroatoms. The first-order chi connectivity index (χ1) is 11.3. The summed E-state index contributed by atoms with van der Waals surface area (Å²) in [5, 5.41) is 9.40. The zero-order chi connectivity index (χ0) is 16.1. The second kappa shape index (κ2) is 7.77. The summed E-state index contributed by atoms with van der Waals surface area (Å²) in [6.07, 6.45) is 0. The van der Waals surface area contributed by atoms with Gasteiger partial charge in [0.1, 0.15) is 0 Å². The smallest absolute Gasteiger partial charge is 0.256 e. The number of para-hydroxylation sites is 1. The summed E-state index contributed by atoms with van der Waals surface area (Å²) in [4.78, 5) is 17.0. The molecule has 0 saturated carbocycles. The van der Waals surface area contributed by atoms with Crippen molar-refractivity contribution in [3.63, 3.8) is 0 Å². The molecule has 0 aromatic heterocycles. The molecule has 2 heterocycles. The number of hydrogen-bond donors (Lipinski definition) is 1. The van der Waals surface area contributed by atoms with Crippen molar-refractivity contribution in [2.75, 3.05) is 64.1 Å². The first-order valence-corrected chi connectivity index (χ1v) is 8.19. The number of hydrogen-bond acceptors (Lipinski definition) is 5. The van der Waals surface area contributed by atoms with Gasteiger partial charge in [-0.05, 0) is 12.1 Å². The fraction of sp³-hybridized carbons (Fsp3) is 0.588. The number of benzene rings is 1. The fourth-order valence-corrected chi connectivity index (χ4v) is 3.08. The fourth-order valence-electron chi connectivity index (χ4n) is 3.08. The standard InChI is InChI=1S/C17H24N2O4/c20-12-14-11-19(7-10-23-13-14)17(21)15-3-1-2-4-16(15)18-5-8-22-9-6-18/h1-4,14,20H,5-13H2/t14-/m1/s1. The van der Waals surface area contributed by atoms with Crippen LogP contribution in [0, 0.1) is 5.92 Å². The van der Waals surface area contributed by atoms with Crippen LogP contribution in [0.25, 0.3) is 0 Å². The number of morpholine rings is 1. The molecule has 2 aliphatic heterocycles. The van der Waals surface area contributed by atoms with Gasteiger partial charge in [-0.15, -0.1) is 0 Å². The van der Waals surface area contributed by atoms with E-state index in [9.17, 15) is 9.90 Å². The molecular formula is C17H24N2O4. The molecule has 3 rings (SSSR count). The summed E-state index contributed by atoms with van der Waals surface area (Å²) < 4.78 is 10.9. The van der Waals surface area contributed by atoms with E-state index in [0.717, 1.165) is 18.8 Å². The number of rotatable bonds is 3. The second-order valence-electron chi connectivity index (χ2n) is 5.99. The van der Waals surface area contributed by atoms with Crippen molar-refractivity contribution in [1.82, 2.24) is 4.90 Å². The molecule has 6 nitrogen and oxygen atoms in total. The van der Waals surface area contributed by atoms with Crippen molar-refractivity contribution in [3.05, 3.63) is 29.8 Å². The van der Waals surface area contributed by atoms with Crippen LogP contribution < -0.4 is 4.90 Å². The van der Waals surface area contributed by atoms with Gasteiger partial charge in [0.15, 0.2) is 0 Å². The highest BCUT2D eigenvalue weighted by Crippen LogP contribution is 2.23. The number of aliphatic hydroxyl groups excluding tert-OH is 1. The molecule has 0 bridgehead atoms.